The van der Waals surface area contributed by atoms with Crippen LogP contribution in [0.15, 0.2) is 24.3 Å². The van der Waals surface area contributed by atoms with E-state index in [9.17, 15) is 9.59 Å². The van der Waals surface area contributed by atoms with Crippen LogP contribution in [0.2, 0.25) is 0 Å². The Balaban J connectivity index is 1.52. The number of ether oxygens (including phenoxy) is 1. The first-order valence-electron chi connectivity index (χ1n) is 8.96. The van der Waals surface area contributed by atoms with Crippen molar-refractivity contribution in [3.05, 3.63) is 24.3 Å². The second kappa shape index (κ2) is 7.69. The molecule has 2 fully saturated rings. The molecule has 2 amide bonds. The highest BCUT2D eigenvalue weighted by atomic mass is 16.5. The Morgan fingerprint density at radius 2 is 2.12 bits per heavy atom. The fraction of sp³-hybridized carbons (Fsp3) is 0.579. The fourth-order valence-corrected chi connectivity index (χ4v) is 3.59. The van der Waals surface area contributed by atoms with E-state index in [0.29, 0.717) is 18.1 Å². The molecule has 1 aromatic rings. The predicted molar refractivity (Wildman–Crippen MR) is 93.1 cm³/mol. The topological polar surface area (TPSA) is 58.6 Å². The summed E-state index contributed by atoms with van der Waals surface area (Å²) in [6.45, 7) is 2.96. The van der Waals surface area contributed by atoms with E-state index in [1.54, 1.807) is 4.90 Å². The van der Waals surface area contributed by atoms with Crippen molar-refractivity contribution < 1.29 is 14.3 Å². The molecule has 3 rings (SSSR count). The summed E-state index contributed by atoms with van der Waals surface area (Å²) in [4.78, 5) is 25.7. The van der Waals surface area contributed by atoms with Gasteiger partial charge in [-0.15, -0.1) is 0 Å². The van der Waals surface area contributed by atoms with Gasteiger partial charge in [-0.2, -0.15) is 0 Å². The summed E-state index contributed by atoms with van der Waals surface area (Å²) in [7, 11) is 0. The Hall–Kier alpha value is -2.04. The van der Waals surface area contributed by atoms with Gasteiger partial charge < -0.3 is 15.0 Å². The first-order chi connectivity index (χ1) is 11.6. The second-order valence-electron chi connectivity index (χ2n) is 6.87. The van der Waals surface area contributed by atoms with E-state index in [-0.39, 0.29) is 24.5 Å². The molecule has 1 saturated heterocycles. The predicted octanol–water partition coefficient (Wildman–Crippen LogP) is 2.89. The molecule has 1 aliphatic heterocycles. The van der Waals surface area contributed by atoms with Crippen molar-refractivity contribution in [1.29, 1.82) is 0 Å². The number of anilines is 1. The third kappa shape index (κ3) is 4.08. The lowest BCUT2D eigenvalue weighted by Gasteiger charge is -2.29. The molecular formula is C19H26N2O3. The van der Waals surface area contributed by atoms with Gasteiger partial charge in [-0.25, -0.2) is 0 Å². The van der Waals surface area contributed by atoms with Gasteiger partial charge in [0, 0.05) is 30.8 Å². The highest BCUT2D eigenvalue weighted by Crippen LogP contribution is 2.26. The Kier molecular flexibility index (Phi) is 5.38. The Morgan fingerprint density at radius 3 is 2.88 bits per heavy atom. The summed E-state index contributed by atoms with van der Waals surface area (Å²) in [6, 6.07) is 7.68. The van der Waals surface area contributed by atoms with Gasteiger partial charge in [-0.1, -0.05) is 25.8 Å². The largest absolute Gasteiger partial charge is 0.484 e. The second-order valence-corrected chi connectivity index (χ2v) is 6.87. The first-order valence-corrected chi connectivity index (χ1v) is 8.96. The number of carbonyl (C=O) groups excluding carboxylic acids is 2. The smallest absolute Gasteiger partial charge is 0.258 e. The summed E-state index contributed by atoms with van der Waals surface area (Å²) >= 11 is 0. The van der Waals surface area contributed by atoms with E-state index < -0.39 is 0 Å². The molecule has 130 valence electrons. The van der Waals surface area contributed by atoms with Crippen LogP contribution in [0.25, 0.3) is 0 Å². The number of carbonyl (C=O) groups is 2. The minimum atomic E-state index is -0.0728. The third-order valence-electron chi connectivity index (χ3n) is 5.03. The van der Waals surface area contributed by atoms with Gasteiger partial charge in [0.25, 0.3) is 5.91 Å². The number of rotatable bonds is 5. The number of hydrogen-bond acceptors (Lipinski definition) is 3. The molecule has 1 aliphatic carbocycles. The lowest BCUT2D eigenvalue weighted by atomic mass is 9.86. The van der Waals surface area contributed by atoms with Gasteiger partial charge >= 0.3 is 0 Å². The quantitative estimate of drug-likeness (QED) is 0.903. The Morgan fingerprint density at radius 1 is 1.29 bits per heavy atom. The number of nitrogens with one attached hydrogen (secondary N) is 1. The van der Waals surface area contributed by atoms with Gasteiger partial charge in [0.15, 0.2) is 6.61 Å². The third-order valence-corrected chi connectivity index (χ3v) is 5.03. The first kappa shape index (κ1) is 16.8. The van der Waals surface area contributed by atoms with Crippen molar-refractivity contribution >= 4 is 17.5 Å². The number of amides is 2. The molecule has 1 aromatic carbocycles. The molecular weight excluding hydrogens is 304 g/mol. The van der Waals surface area contributed by atoms with E-state index in [4.69, 9.17) is 4.74 Å². The molecule has 1 saturated carbocycles. The van der Waals surface area contributed by atoms with Crippen LogP contribution < -0.4 is 15.0 Å². The van der Waals surface area contributed by atoms with Crippen molar-refractivity contribution in [3.8, 4) is 5.75 Å². The van der Waals surface area contributed by atoms with Crippen LogP contribution in [-0.4, -0.2) is 31.0 Å². The molecule has 2 atom stereocenters. The van der Waals surface area contributed by atoms with Crippen molar-refractivity contribution in [3.63, 3.8) is 0 Å². The summed E-state index contributed by atoms with van der Waals surface area (Å²) in [5, 5.41) is 3.09. The molecule has 0 bridgehead atoms. The molecule has 0 spiro atoms. The fourth-order valence-electron chi connectivity index (χ4n) is 3.59. The van der Waals surface area contributed by atoms with Gasteiger partial charge in [0.2, 0.25) is 5.91 Å². The highest BCUT2D eigenvalue weighted by Gasteiger charge is 2.23. The maximum absolute atomic E-state index is 12.1. The normalized spacial score (nSPS) is 24.0. The molecule has 5 heteroatoms. The maximum Gasteiger partial charge on any atom is 0.258 e. The summed E-state index contributed by atoms with van der Waals surface area (Å²) in [6.07, 6.45) is 6.17. The molecule has 2 aliphatic rings. The van der Waals surface area contributed by atoms with Crippen molar-refractivity contribution in [2.24, 2.45) is 5.92 Å². The van der Waals surface area contributed by atoms with Gasteiger partial charge in [0.05, 0.1) is 0 Å². The number of benzene rings is 1. The van der Waals surface area contributed by atoms with Crippen LogP contribution in [-0.2, 0) is 9.59 Å². The van der Waals surface area contributed by atoms with Crippen LogP contribution >= 0.6 is 0 Å². The minimum absolute atomic E-state index is 0.0145. The molecule has 0 aromatic heterocycles. The van der Waals surface area contributed by atoms with E-state index in [1.807, 2.05) is 24.3 Å². The molecule has 24 heavy (non-hydrogen) atoms. The zero-order chi connectivity index (χ0) is 16.9. The minimum Gasteiger partial charge on any atom is -0.484 e. The van der Waals surface area contributed by atoms with Gasteiger partial charge in [0.1, 0.15) is 5.75 Å². The van der Waals surface area contributed by atoms with Crippen LogP contribution in [0, 0.1) is 5.92 Å². The van der Waals surface area contributed by atoms with Crippen LogP contribution in [0.1, 0.15) is 45.4 Å². The molecule has 5 nitrogen and oxygen atoms in total. The zero-order valence-corrected chi connectivity index (χ0v) is 14.3. The van der Waals surface area contributed by atoms with Crippen molar-refractivity contribution in [1.82, 2.24) is 5.32 Å². The molecule has 1 heterocycles. The lowest BCUT2D eigenvalue weighted by Crippen LogP contribution is -2.43. The lowest BCUT2D eigenvalue weighted by molar-refractivity contribution is -0.124. The highest BCUT2D eigenvalue weighted by molar-refractivity contribution is 5.95. The average Bonchev–Trinajstić information content (AvgIpc) is 3.01. The number of nitrogens with zero attached hydrogens (tertiary/aromatic N) is 1. The number of hydrogen-bond donors (Lipinski definition) is 1. The van der Waals surface area contributed by atoms with Crippen molar-refractivity contribution in [2.75, 3.05) is 18.1 Å². The van der Waals surface area contributed by atoms with E-state index in [0.717, 1.165) is 25.1 Å². The zero-order valence-electron chi connectivity index (χ0n) is 14.3. The average molecular weight is 330 g/mol. The van der Waals surface area contributed by atoms with Crippen LogP contribution in [0.4, 0.5) is 5.69 Å². The standard InChI is InChI=1S/C19H26N2O3/c1-14-6-2-3-9-17(14)20-18(22)13-24-16-8-4-7-15(12-16)21-11-5-10-19(21)23/h4,7-8,12,14,17H,2-3,5-6,9-11,13H2,1H3,(H,20,22)/t14-,17-/m0/s1. The maximum atomic E-state index is 12.1. The monoisotopic (exact) mass is 330 g/mol. The van der Waals surface area contributed by atoms with Crippen LogP contribution in [0.5, 0.6) is 5.75 Å². The van der Waals surface area contributed by atoms with E-state index in [1.165, 1.54) is 19.3 Å². The van der Waals surface area contributed by atoms with Crippen molar-refractivity contribution in [2.45, 2.75) is 51.5 Å². The summed E-state index contributed by atoms with van der Waals surface area (Å²) < 4.78 is 5.63. The Bertz CT molecular complexity index is 602. The summed E-state index contributed by atoms with van der Waals surface area (Å²) in [5.41, 5.74) is 0.844. The Labute approximate surface area is 143 Å². The van der Waals surface area contributed by atoms with Gasteiger partial charge in [-0.3, -0.25) is 9.59 Å². The molecule has 0 radical (unpaired) electrons. The van der Waals surface area contributed by atoms with E-state index >= 15 is 0 Å². The molecule has 1 N–H and O–H groups in total. The van der Waals surface area contributed by atoms with Crippen LogP contribution in [0.3, 0.4) is 0 Å². The summed E-state index contributed by atoms with van der Waals surface area (Å²) in [5.74, 6) is 1.24. The SMILES string of the molecule is C[C@H]1CCCC[C@@H]1NC(=O)COc1cccc(N2CCCC2=O)c1. The van der Waals surface area contributed by atoms with Gasteiger partial charge in [-0.05, 0) is 37.3 Å². The molecule has 0 unspecified atom stereocenters. The van der Waals surface area contributed by atoms with E-state index in [2.05, 4.69) is 12.2 Å².